The molecule has 0 radical (unpaired) electrons. The van der Waals surface area contributed by atoms with Gasteiger partial charge in [-0.25, -0.2) is 9.89 Å². The first-order valence-corrected chi connectivity index (χ1v) is 9.16. The Hall–Kier alpha value is -2.05. The van der Waals surface area contributed by atoms with Crippen LogP contribution in [0.4, 0.5) is 0 Å². The lowest BCUT2D eigenvalue weighted by atomic mass is 10.1. The SMILES string of the molecule is O=c1[nH]nc(SCc2cccc3ccccc23)n1CC1CCCO1. The van der Waals surface area contributed by atoms with E-state index in [-0.39, 0.29) is 11.8 Å². The molecule has 0 spiro atoms. The highest BCUT2D eigenvalue weighted by atomic mass is 32.2. The monoisotopic (exact) mass is 341 g/mol. The average molecular weight is 341 g/mol. The molecular formula is C18H19N3O2S. The van der Waals surface area contributed by atoms with E-state index in [0.717, 1.165) is 30.4 Å². The minimum absolute atomic E-state index is 0.122. The van der Waals surface area contributed by atoms with Gasteiger partial charge in [0.15, 0.2) is 5.16 Å². The van der Waals surface area contributed by atoms with E-state index in [4.69, 9.17) is 4.74 Å². The van der Waals surface area contributed by atoms with Gasteiger partial charge in [-0.2, -0.15) is 0 Å². The van der Waals surface area contributed by atoms with Gasteiger partial charge in [0, 0.05) is 12.4 Å². The van der Waals surface area contributed by atoms with E-state index in [1.165, 1.54) is 16.3 Å². The second kappa shape index (κ2) is 6.83. The first kappa shape index (κ1) is 15.5. The van der Waals surface area contributed by atoms with Crippen LogP contribution in [0.5, 0.6) is 0 Å². The standard InChI is InChI=1S/C18H19N3O2S/c22-17-19-20-18(21(17)11-15-8-4-10-23-15)24-12-14-7-3-6-13-5-1-2-9-16(13)14/h1-3,5-7,9,15H,4,8,10-12H2,(H,19,22). The zero-order valence-corrected chi connectivity index (χ0v) is 14.1. The third-order valence-electron chi connectivity index (χ3n) is 4.37. The molecule has 5 nitrogen and oxygen atoms in total. The van der Waals surface area contributed by atoms with E-state index in [1.807, 2.05) is 6.07 Å². The number of aromatic nitrogens is 3. The van der Waals surface area contributed by atoms with Gasteiger partial charge in [-0.3, -0.25) is 4.57 Å². The molecule has 1 aliphatic rings. The second-order valence-electron chi connectivity index (χ2n) is 5.98. The Bertz CT molecular complexity index is 891. The highest BCUT2D eigenvalue weighted by molar-refractivity contribution is 7.98. The maximum Gasteiger partial charge on any atom is 0.344 e. The zero-order chi connectivity index (χ0) is 16.4. The molecule has 0 amide bonds. The van der Waals surface area contributed by atoms with E-state index in [1.54, 1.807) is 16.3 Å². The Balaban J connectivity index is 1.54. The first-order chi connectivity index (χ1) is 11.8. The van der Waals surface area contributed by atoms with Crippen LogP contribution in [0.3, 0.4) is 0 Å². The number of hydrogen-bond acceptors (Lipinski definition) is 4. The number of nitrogens with one attached hydrogen (secondary N) is 1. The van der Waals surface area contributed by atoms with Crippen LogP contribution in [-0.2, 0) is 17.0 Å². The van der Waals surface area contributed by atoms with Gasteiger partial charge in [0.1, 0.15) is 0 Å². The molecule has 0 saturated carbocycles. The molecule has 1 aliphatic heterocycles. The number of thioether (sulfide) groups is 1. The average Bonchev–Trinajstić information content (AvgIpc) is 3.24. The predicted octanol–water partition coefficient (Wildman–Crippen LogP) is 3.20. The van der Waals surface area contributed by atoms with Crippen molar-refractivity contribution in [2.75, 3.05) is 6.61 Å². The van der Waals surface area contributed by atoms with Crippen molar-refractivity contribution in [2.45, 2.75) is 36.4 Å². The van der Waals surface area contributed by atoms with Crippen molar-refractivity contribution in [1.82, 2.24) is 14.8 Å². The Morgan fingerprint density at radius 1 is 1.25 bits per heavy atom. The normalized spacial score (nSPS) is 17.6. The van der Waals surface area contributed by atoms with Gasteiger partial charge in [-0.15, -0.1) is 5.10 Å². The van der Waals surface area contributed by atoms with Gasteiger partial charge in [-0.05, 0) is 29.2 Å². The molecule has 124 valence electrons. The number of hydrogen-bond donors (Lipinski definition) is 1. The molecule has 4 rings (SSSR count). The number of fused-ring (bicyclic) bond motifs is 1. The molecule has 1 unspecified atom stereocenters. The maximum atomic E-state index is 12.0. The summed E-state index contributed by atoms with van der Waals surface area (Å²) in [6.07, 6.45) is 2.19. The summed E-state index contributed by atoms with van der Waals surface area (Å²) in [6.45, 7) is 1.36. The van der Waals surface area contributed by atoms with Gasteiger partial charge in [0.25, 0.3) is 0 Å². The van der Waals surface area contributed by atoms with Crippen molar-refractivity contribution in [3.63, 3.8) is 0 Å². The van der Waals surface area contributed by atoms with Gasteiger partial charge >= 0.3 is 5.69 Å². The number of H-pyrrole nitrogens is 1. The summed E-state index contributed by atoms with van der Waals surface area (Å²) in [7, 11) is 0. The predicted molar refractivity (Wildman–Crippen MR) is 95.3 cm³/mol. The molecule has 1 atom stereocenters. The number of aromatic amines is 1. The molecule has 2 heterocycles. The number of rotatable bonds is 5. The van der Waals surface area contributed by atoms with Gasteiger partial charge < -0.3 is 4.74 Å². The van der Waals surface area contributed by atoms with Gasteiger partial charge in [-0.1, -0.05) is 54.2 Å². The van der Waals surface area contributed by atoms with Crippen LogP contribution in [0.15, 0.2) is 52.4 Å². The van der Waals surface area contributed by atoms with E-state index in [2.05, 4.69) is 46.6 Å². The van der Waals surface area contributed by atoms with Crippen LogP contribution in [0.25, 0.3) is 10.8 Å². The summed E-state index contributed by atoms with van der Waals surface area (Å²) >= 11 is 1.58. The third-order valence-corrected chi connectivity index (χ3v) is 5.40. The molecular weight excluding hydrogens is 322 g/mol. The van der Waals surface area contributed by atoms with Crippen LogP contribution in [-0.4, -0.2) is 27.5 Å². The summed E-state index contributed by atoms with van der Waals surface area (Å²) in [4.78, 5) is 12.0. The van der Waals surface area contributed by atoms with Crippen molar-refractivity contribution >= 4 is 22.5 Å². The summed E-state index contributed by atoms with van der Waals surface area (Å²) in [5.41, 5.74) is 1.09. The summed E-state index contributed by atoms with van der Waals surface area (Å²) in [5, 5.41) is 9.95. The number of benzene rings is 2. The second-order valence-corrected chi connectivity index (χ2v) is 6.93. The maximum absolute atomic E-state index is 12.0. The molecule has 2 aromatic carbocycles. The highest BCUT2D eigenvalue weighted by Crippen LogP contribution is 2.26. The molecule has 0 bridgehead atoms. The summed E-state index contributed by atoms with van der Waals surface area (Å²) < 4.78 is 7.35. The highest BCUT2D eigenvalue weighted by Gasteiger charge is 2.19. The fourth-order valence-electron chi connectivity index (χ4n) is 3.13. The molecule has 24 heavy (non-hydrogen) atoms. The van der Waals surface area contributed by atoms with Crippen LogP contribution in [0.1, 0.15) is 18.4 Å². The molecule has 3 aromatic rings. The van der Waals surface area contributed by atoms with Crippen LogP contribution in [0, 0.1) is 0 Å². The topological polar surface area (TPSA) is 59.9 Å². The van der Waals surface area contributed by atoms with Gasteiger partial charge in [0.2, 0.25) is 0 Å². The van der Waals surface area contributed by atoms with Crippen LogP contribution in [0.2, 0.25) is 0 Å². The van der Waals surface area contributed by atoms with Crippen molar-refractivity contribution in [3.8, 4) is 0 Å². The number of nitrogens with zero attached hydrogens (tertiary/aromatic N) is 2. The summed E-state index contributed by atoms with van der Waals surface area (Å²) in [5.74, 6) is 0.775. The fraction of sp³-hybridized carbons (Fsp3) is 0.333. The van der Waals surface area contributed by atoms with E-state index < -0.39 is 0 Å². The van der Waals surface area contributed by atoms with E-state index >= 15 is 0 Å². The first-order valence-electron chi connectivity index (χ1n) is 8.17. The minimum Gasteiger partial charge on any atom is -0.376 e. The number of ether oxygens (including phenoxy) is 1. The van der Waals surface area contributed by atoms with Gasteiger partial charge in [0.05, 0.1) is 12.6 Å². The lowest BCUT2D eigenvalue weighted by Crippen LogP contribution is -2.24. The summed E-state index contributed by atoms with van der Waals surface area (Å²) in [6, 6.07) is 14.7. The van der Waals surface area contributed by atoms with Crippen LogP contribution >= 0.6 is 11.8 Å². The van der Waals surface area contributed by atoms with Crippen molar-refractivity contribution in [3.05, 3.63) is 58.5 Å². The minimum atomic E-state index is -0.161. The molecule has 1 fully saturated rings. The van der Waals surface area contributed by atoms with Crippen LogP contribution < -0.4 is 5.69 Å². The third kappa shape index (κ3) is 3.12. The molecule has 1 aromatic heterocycles. The molecule has 1 saturated heterocycles. The molecule has 0 aliphatic carbocycles. The fourth-order valence-corrected chi connectivity index (χ4v) is 4.09. The van der Waals surface area contributed by atoms with Crippen molar-refractivity contribution in [2.24, 2.45) is 0 Å². The van der Waals surface area contributed by atoms with E-state index in [9.17, 15) is 4.79 Å². The van der Waals surface area contributed by atoms with Crippen molar-refractivity contribution < 1.29 is 4.74 Å². The molecule has 6 heteroatoms. The largest absolute Gasteiger partial charge is 0.376 e. The zero-order valence-electron chi connectivity index (χ0n) is 13.3. The lowest BCUT2D eigenvalue weighted by Gasteiger charge is -2.11. The van der Waals surface area contributed by atoms with E-state index in [0.29, 0.717) is 6.54 Å². The Labute approximate surface area is 144 Å². The molecule has 1 N–H and O–H groups in total. The Morgan fingerprint density at radius 2 is 2.12 bits per heavy atom. The Morgan fingerprint density at radius 3 is 3.00 bits per heavy atom. The quantitative estimate of drug-likeness (QED) is 0.724. The smallest absolute Gasteiger partial charge is 0.344 e. The van der Waals surface area contributed by atoms with Crippen molar-refractivity contribution in [1.29, 1.82) is 0 Å². The Kier molecular flexibility index (Phi) is 4.40. The lowest BCUT2D eigenvalue weighted by molar-refractivity contribution is 0.0941.